The Balaban J connectivity index is 2.91. The molecule has 0 bridgehead atoms. The highest BCUT2D eigenvalue weighted by atomic mass is 16.3. The number of benzene rings is 1. The van der Waals surface area contributed by atoms with Crippen LogP contribution >= 0.6 is 0 Å². The number of pyridine rings is 1. The maximum absolute atomic E-state index is 11.5. The van der Waals surface area contributed by atoms with Crippen LogP contribution in [0.3, 0.4) is 0 Å². The van der Waals surface area contributed by atoms with E-state index in [2.05, 4.69) is 11.2 Å². The van der Waals surface area contributed by atoms with Crippen LogP contribution in [-0.2, 0) is 0 Å². The topological polar surface area (TPSA) is 36.0 Å². The first-order chi connectivity index (χ1) is 5.79. The molecule has 0 aliphatic rings. The predicted octanol–water partition coefficient (Wildman–Crippen LogP) is 1.42. The van der Waals surface area contributed by atoms with Crippen LogP contribution in [0.15, 0.2) is 24.3 Å². The van der Waals surface area contributed by atoms with Gasteiger partial charge >= 0.3 is 0 Å². The summed E-state index contributed by atoms with van der Waals surface area (Å²) in [6, 6.07) is 7.29. The molecular formula is C10H7NO-2. The van der Waals surface area contributed by atoms with Gasteiger partial charge in [0.15, 0.2) is 0 Å². The second kappa shape index (κ2) is 2.48. The minimum atomic E-state index is 0.0283. The van der Waals surface area contributed by atoms with Gasteiger partial charge in [0.1, 0.15) is 0 Å². The highest BCUT2D eigenvalue weighted by Crippen LogP contribution is 2.22. The van der Waals surface area contributed by atoms with Gasteiger partial charge in [-0.1, -0.05) is 37.4 Å². The van der Waals surface area contributed by atoms with Crippen LogP contribution in [0.4, 0.5) is 0 Å². The van der Waals surface area contributed by atoms with E-state index in [9.17, 15) is 5.11 Å². The lowest BCUT2D eigenvalue weighted by atomic mass is 10.1. The summed E-state index contributed by atoms with van der Waals surface area (Å²) in [5, 5.41) is 12.1. The first kappa shape index (κ1) is 7.10. The fraction of sp³-hybridized carbons (Fsp3) is 0.100. The summed E-state index contributed by atoms with van der Waals surface area (Å²) < 4.78 is 0. The Morgan fingerprint density at radius 3 is 2.92 bits per heavy atom. The molecule has 2 heteroatoms. The summed E-state index contributed by atoms with van der Waals surface area (Å²) >= 11 is 0. The number of aromatic nitrogens is 1. The maximum Gasteiger partial charge on any atom is -0.0444 e. The Hall–Kier alpha value is -1.57. The van der Waals surface area contributed by atoms with Gasteiger partial charge in [-0.15, -0.1) is 5.39 Å². The third-order valence-corrected chi connectivity index (χ3v) is 1.83. The van der Waals surface area contributed by atoms with Gasteiger partial charge in [0.05, 0.1) is 0 Å². The van der Waals surface area contributed by atoms with Gasteiger partial charge < -0.3 is 10.1 Å². The van der Waals surface area contributed by atoms with E-state index in [1.807, 2.05) is 18.2 Å². The summed E-state index contributed by atoms with van der Waals surface area (Å²) in [5.74, 6) is 0.0283. The summed E-state index contributed by atoms with van der Waals surface area (Å²) in [6.07, 6.45) is 2.68. The predicted molar refractivity (Wildman–Crippen MR) is 44.8 cm³/mol. The molecule has 2 aromatic rings. The first-order valence-corrected chi connectivity index (χ1v) is 3.73. The fourth-order valence-electron chi connectivity index (χ4n) is 1.16. The van der Waals surface area contributed by atoms with Gasteiger partial charge in [-0.3, -0.25) is 0 Å². The monoisotopic (exact) mass is 157 g/mol. The Kier molecular flexibility index (Phi) is 1.47. The van der Waals surface area contributed by atoms with E-state index in [0.29, 0.717) is 16.5 Å². The number of aryl methyl sites for hydroxylation is 1. The normalized spacial score (nSPS) is 10.4. The molecule has 0 N–H and O–H groups in total. The molecule has 0 amide bonds. The lowest BCUT2D eigenvalue weighted by Gasteiger charge is -2.22. The van der Waals surface area contributed by atoms with Crippen molar-refractivity contribution in [1.29, 1.82) is 0 Å². The summed E-state index contributed by atoms with van der Waals surface area (Å²) in [7, 11) is 0. The fourth-order valence-corrected chi connectivity index (χ4v) is 1.16. The number of hydrogen-bond acceptors (Lipinski definition) is 2. The molecule has 1 aromatic heterocycles. The third kappa shape index (κ3) is 0.925. The van der Waals surface area contributed by atoms with Gasteiger partial charge in [0.2, 0.25) is 0 Å². The molecule has 0 aliphatic heterocycles. The highest BCUT2D eigenvalue weighted by Gasteiger charge is 1.85. The van der Waals surface area contributed by atoms with Gasteiger partial charge in [-0.25, -0.2) is 5.75 Å². The Morgan fingerprint density at radius 2 is 2.08 bits per heavy atom. The lowest BCUT2D eigenvalue weighted by Crippen LogP contribution is -1.95. The van der Waals surface area contributed by atoms with Gasteiger partial charge in [-0.05, 0) is 5.52 Å². The number of nitrogens with zero attached hydrogens (tertiary/aromatic N) is 1. The minimum Gasteiger partial charge on any atom is -0.927 e. The van der Waals surface area contributed by atoms with Crippen molar-refractivity contribution in [2.75, 3.05) is 0 Å². The minimum absolute atomic E-state index is 0.0283. The zero-order valence-electron chi connectivity index (χ0n) is 6.66. The van der Waals surface area contributed by atoms with Crippen LogP contribution in [-0.4, -0.2) is 4.98 Å². The molecule has 1 aromatic carbocycles. The van der Waals surface area contributed by atoms with E-state index in [-0.39, 0.29) is 5.75 Å². The molecule has 0 unspecified atom stereocenters. The molecule has 2 rings (SSSR count). The Bertz CT molecular complexity index is 423. The molecule has 12 heavy (non-hydrogen) atoms. The lowest BCUT2D eigenvalue weighted by molar-refractivity contribution is -0.266. The van der Waals surface area contributed by atoms with Gasteiger partial charge in [-0.2, -0.15) is 5.56 Å². The van der Waals surface area contributed by atoms with Crippen molar-refractivity contribution in [3.05, 3.63) is 36.0 Å². The summed E-state index contributed by atoms with van der Waals surface area (Å²) in [6.45, 7) is 1.72. The van der Waals surface area contributed by atoms with Crippen molar-refractivity contribution in [3.63, 3.8) is 0 Å². The zero-order chi connectivity index (χ0) is 8.55. The van der Waals surface area contributed by atoms with E-state index in [0.717, 1.165) is 0 Å². The van der Waals surface area contributed by atoms with Crippen molar-refractivity contribution in [2.45, 2.75) is 6.92 Å². The molecular weight excluding hydrogens is 150 g/mol. The van der Waals surface area contributed by atoms with Crippen LogP contribution in [0.2, 0.25) is 0 Å². The molecule has 0 fully saturated rings. The number of fused-ring (bicyclic) bond motifs is 1. The van der Waals surface area contributed by atoms with Crippen molar-refractivity contribution in [3.8, 4) is 5.75 Å². The first-order valence-electron chi connectivity index (χ1n) is 3.73. The number of hydrogen-bond donors (Lipinski definition) is 0. The molecule has 1 heterocycles. The van der Waals surface area contributed by atoms with Crippen LogP contribution in [0.25, 0.3) is 10.9 Å². The van der Waals surface area contributed by atoms with Crippen molar-refractivity contribution in [1.82, 2.24) is 4.98 Å². The van der Waals surface area contributed by atoms with E-state index in [4.69, 9.17) is 0 Å². The molecule has 0 saturated heterocycles. The standard InChI is InChI=1S/C10H8NO/c1-7-6-11-9-5-3-2-4-8(9)10(7)12/h2-5H,1H3,(H,11,12)/q-1/p-1. The Morgan fingerprint density at radius 1 is 1.33 bits per heavy atom. The summed E-state index contributed by atoms with van der Waals surface area (Å²) in [4.78, 5) is 4.02. The molecule has 2 nitrogen and oxygen atoms in total. The van der Waals surface area contributed by atoms with E-state index < -0.39 is 0 Å². The van der Waals surface area contributed by atoms with Crippen molar-refractivity contribution in [2.24, 2.45) is 0 Å². The van der Waals surface area contributed by atoms with E-state index in [1.165, 1.54) is 0 Å². The molecule has 0 radical (unpaired) electrons. The highest BCUT2D eigenvalue weighted by molar-refractivity contribution is 5.84. The molecule has 0 atom stereocenters. The SMILES string of the molecule is Cc1[c-]nc2ccccc2c1[O-]. The van der Waals surface area contributed by atoms with Crippen LogP contribution < -0.4 is 5.11 Å². The second-order valence-electron chi connectivity index (χ2n) is 2.69. The molecule has 0 aliphatic carbocycles. The third-order valence-electron chi connectivity index (χ3n) is 1.83. The largest absolute Gasteiger partial charge is 0.927 e. The van der Waals surface area contributed by atoms with Crippen LogP contribution in [0.1, 0.15) is 5.56 Å². The quantitative estimate of drug-likeness (QED) is 0.542. The average Bonchev–Trinajstić information content (AvgIpc) is 2.12. The molecule has 60 valence electrons. The van der Waals surface area contributed by atoms with Gasteiger partial charge in [0, 0.05) is 0 Å². The molecule has 0 spiro atoms. The van der Waals surface area contributed by atoms with E-state index >= 15 is 0 Å². The van der Waals surface area contributed by atoms with Crippen LogP contribution in [0, 0.1) is 13.1 Å². The van der Waals surface area contributed by atoms with E-state index in [1.54, 1.807) is 13.0 Å². The maximum atomic E-state index is 11.5. The number of para-hydroxylation sites is 1. The average molecular weight is 157 g/mol. The second-order valence-corrected chi connectivity index (χ2v) is 2.69. The van der Waals surface area contributed by atoms with Gasteiger partial charge in [0.25, 0.3) is 0 Å². The summed E-state index contributed by atoms with van der Waals surface area (Å²) in [5.41, 5.74) is 1.29. The smallest absolute Gasteiger partial charge is 0.0444 e. The van der Waals surface area contributed by atoms with Crippen molar-refractivity contribution < 1.29 is 5.11 Å². The van der Waals surface area contributed by atoms with Crippen molar-refractivity contribution >= 4 is 10.9 Å². The Labute approximate surface area is 70.5 Å². The zero-order valence-corrected chi connectivity index (χ0v) is 6.66. The molecule has 0 saturated carbocycles. The van der Waals surface area contributed by atoms with Crippen LogP contribution in [0.5, 0.6) is 5.75 Å². The number of rotatable bonds is 0.